The van der Waals surface area contributed by atoms with Gasteiger partial charge in [-0.25, -0.2) is 0 Å². The molecule has 1 unspecified atom stereocenters. The zero-order valence-electron chi connectivity index (χ0n) is 38.6. The fourth-order valence-corrected chi connectivity index (χ4v) is 10.6. The average Bonchev–Trinajstić information content (AvgIpc) is 4.04. The summed E-state index contributed by atoms with van der Waals surface area (Å²) in [5.41, 5.74) is 31.7. The van der Waals surface area contributed by atoms with Crippen LogP contribution >= 0.6 is 0 Å². The van der Waals surface area contributed by atoms with E-state index in [1.54, 1.807) is 0 Å². The summed E-state index contributed by atoms with van der Waals surface area (Å²) in [4.78, 5) is 0. The maximum Gasteiger partial charge on any atom is 0.156 e. The lowest BCUT2D eigenvalue weighted by atomic mass is 9.64. The molecule has 3 N–H and O–H groups in total. The normalized spacial score (nSPS) is 20.7. The third-order valence-corrected chi connectivity index (χ3v) is 14.5. The van der Waals surface area contributed by atoms with E-state index in [0.29, 0.717) is 11.3 Å². The Hall–Kier alpha value is -4.76. The highest BCUT2D eigenvalue weighted by molar-refractivity contribution is 6.54. The Kier molecular flexibility index (Phi) is 11.1. The molecule has 4 aromatic carbocycles. The maximum absolute atomic E-state index is 7.42. The molecule has 4 aliphatic rings. The molecule has 8 rings (SSSR count). The summed E-state index contributed by atoms with van der Waals surface area (Å²) in [7, 11) is 0.963. The third-order valence-electron chi connectivity index (χ3n) is 14.5. The van der Waals surface area contributed by atoms with Gasteiger partial charge in [-0.05, 0) is 166 Å². The van der Waals surface area contributed by atoms with Gasteiger partial charge in [-0.15, -0.1) is 0 Å². The van der Waals surface area contributed by atoms with Crippen LogP contribution in [-0.4, -0.2) is 13.8 Å². The van der Waals surface area contributed by atoms with Gasteiger partial charge < -0.3 is 11.1 Å². The zero-order valence-corrected chi connectivity index (χ0v) is 38.6. The molecule has 1 fully saturated rings. The predicted octanol–water partition coefficient (Wildman–Crippen LogP) is 13.8. The number of rotatable bonds is 10. The van der Waals surface area contributed by atoms with Crippen molar-refractivity contribution >= 4 is 41.3 Å². The van der Waals surface area contributed by atoms with Gasteiger partial charge in [-0.3, -0.25) is 0 Å². The predicted molar refractivity (Wildman–Crippen MR) is 264 cm³/mol. The van der Waals surface area contributed by atoms with Gasteiger partial charge >= 0.3 is 0 Å². The summed E-state index contributed by atoms with van der Waals surface area (Å²) in [5, 5.41) is 4.09. The second-order valence-corrected chi connectivity index (χ2v) is 21.0. The molecule has 310 valence electrons. The van der Waals surface area contributed by atoms with E-state index in [0.717, 1.165) is 32.4 Å². The van der Waals surface area contributed by atoms with Gasteiger partial charge in [-0.1, -0.05) is 146 Å². The van der Waals surface area contributed by atoms with Crippen molar-refractivity contribution in [2.45, 2.75) is 131 Å². The summed E-state index contributed by atoms with van der Waals surface area (Å²) < 4.78 is 0. The van der Waals surface area contributed by atoms with Crippen molar-refractivity contribution in [3.05, 3.63) is 163 Å². The summed E-state index contributed by atoms with van der Waals surface area (Å²) in [6.45, 7) is 26.8. The van der Waals surface area contributed by atoms with Crippen molar-refractivity contribution in [3.63, 3.8) is 0 Å². The molecule has 60 heavy (non-hydrogen) atoms. The van der Waals surface area contributed by atoms with Gasteiger partial charge in [0.25, 0.3) is 0 Å². The molecule has 0 aliphatic heterocycles. The summed E-state index contributed by atoms with van der Waals surface area (Å²) in [6.07, 6.45) is 14.6. The van der Waals surface area contributed by atoms with Crippen molar-refractivity contribution in [1.82, 2.24) is 0 Å². The van der Waals surface area contributed by atoms with E-state index in [-0.39, 0.29) is 16.7 Å². The largest absolute Gasteiger partial charge is 0.398 e. The van der Waals surface area contributed by atoms with Crippen molar-refractivity contribution in [1.29, 1.82) is 0 Å². The molecule has 1 saturated carbocycles. The van der Waals surface area contributed by atoms with Crippen molar-refractivity contribution < 1.29 is 0 Å². The summed E-state index contributed by atoms with van der Waals surface area (Å²) >= 11 is 0. The Balaban J connectivity index is 1.33. The van der Waals surface area contributed by atoms with Crippen LogP contribution in [0.3, 0.4) is 0 Å². The highest BCUT2D eigenvalue weighted by Crippen LogP contribution is 2.53. The molecule has 0 aromatic heterocycles. The minimum Gasteiger partial charge on any atom is -0.398 e. The van der Waals surface area contributed by atoms with Gasteiger partial charge in [0.2, 0.25) is 0 Å². The van der Waals surface area contributed by atoms with Crippen LogP contribution in [0.4, 0.5) is 5.69 Å². The van der Waals surface area contributed by atoms with E-state index >= 15 is 0 Å². The standard InChI is InChI=1S/C57H69BN2/c1-35-29-39-32-47-44-18-14-15-22-49(44)57(9,10)50(47)33-40(34-60-51-26-25-41(31-36(51)2)56(7,8)28-27-55(4,5)6)52-42(20-16-21-45(52)48(30-35)53(39)58-11)37(3)54(59)46-19-13-12-17-43(46)38-23-24-38/h12-15,17-19,21-22,25-26,29-33,38,40,58,60H,16,20,23-24,27-28,34,59H2,1-11H3/b47-32-,50-33+,54-37-. The van der Waals surface area contributed by atoms with Gasteiger partial charge in [0.05, 0.1) is 0 Å². The monoisotopic (exact) mass is 793 g/mol. The molecule has 0 saturated heterocycles. The molecule has 2 nitrogen and oxygen atoms in total. The first-order valence-corrected chi connectivity index (χ1v) is 23.0. The molecular formula is C57H69BN2. The number of hydrogen-bond donors (Lipinski definition) is 2. The quantitative estimate of drug-likeness (QED) is 0.157. The Morgan fingerprint density at radius 3 is 2.32 bits per heavy atom. The van der Waals surface area contributed by atoms with Gasteiger partial charge in [0.15, 0.2) is 7.28 Å². The molecule has 3 heteroatoms. The number of aryl methyl sites for hydroxylation is 2. The molecule has 4 aliphatic carbocycles. The van der Waals surface area contributed by atoms with E-state index in [4.69, 9.17) is 5.73 Å². The molecular weight excluding hydrogens is 723 g/mol. The topological polar surface area (TPSA) is 38.0 Å². The van der Waals surface area contributed by atoms with Gasteiger partial charge in [0.1, 0.15) is 0 Å². The minimum atomic E-state index is -0.165. The second kappa shape index (κ2) is 15.9. The first-order valence-electron chi connectivity index (χ1n) is 23.0. The second-order valence-electron chi connectivity index (χ2n) is 21.0. The van der Waals surface area contributed by atoms with E-state index in [1.807, 2.05) is 0 Å². The Bertz CT molecular complexity index is 2500. The van der Waals surface area contributed by atoms with Crippen LogP contribution in [0.1, 0.15) is 150 Å². The van der Waals surface area contributed by atoms with Crippen LogP contribution in [-0.2, 0) is 10.8 Å². The van der Waals surface area contributed by atoms with E-state index in [9.17, 15) is 0 Å². The first kappa shape index (κ1) is 42.0. The molecule has 0 heterocycles. The summed E-state index contributed by atoms with van der Waals surface area (Å²) in [6, 6.07) is 30.1. The third kappa shape index (κ3) is 7.95. The number of anilines is 1. The van der Waals surface area contributed by atoms with Crippen LogP contribution < -0.4 is 16.5 Å². The van der Waals surface area contributed by atoms with Gasteiger partial charge in [0, 0.05) is 34.8 Å². The van der Waals surface area contributed by atoms with Crippen LogP contribution in [0.2, 0.25) is 6.82 Å². The lowest BCUT2D eigenvalue weighted by Gasteiger charge is -2.33. The van der Waals surface area contributed by atoms with Crippen LogP contribution in [0, 0.1) is 25.2 Å². The average molecular weight is 793 g/mol. The number of fused-ring (bicyclic) bond motifs is 7. The molecule has 4 aromatic rings. The highest BCUT2D eigenvalue weighted by atomic mass is 14.9. The van der Waals surface area contributed by atoms with E-state index < -0.39 is 0 Å². The number of benzene rings is 4. The number of nitrogens with two attached hydrogens (primary N) is 1. The fourth-order valence-electron chi connectivity index (χ4n) is 10.6. The molecule has 2 bridgehead atoms. The Morgan fingerprint density at radius 2 is 1.60 bits per heavy atom. The Morgan fingerprint density at radius 1 is 0.867 bits per heavy atom. The number of nitrogens with one attached hydrogen (secondary N) is 1. The van der Waals surface area contributed by atoms with Gasteiger partial charge in [-0.2, -0.15) is 0 Å². The molecule has 0 spiro atoms. The number of hydrogen-bond acceptors (Lipinski definition) is 2. The Labute approximate surface area is 363 Å². The minimum absolute atomic E-state index is 0.0778. The smallest absolute Gasteiger partial charge is 0.156 e. The highest BCUT2D eigenvalue weighted by Gasteiger charge is 2.40. The molecule has 0 amide bonds. The van der Waals surface area contributed by atoms with E-state index in [2.05, 4.69) is 178 Å². The van der Waals surface area contributed by atoms with Crippen molar-refractivity contribution in [2.75, 3.05) is 11.9 Å². The fraction of sp³-hybridized carbons (Fsp3) is 0.404. The molecule has 0 radical (unpaired) electrons. The van der Waals surface area contributed by atoms with Crippen molar-refractivity contribution in [3.8, 4) is 0 Å². The zero-order chi connectivity index (χ0) is 42.7. The lowest BCUT2D eigenvalue weighted by molar-refractivity contribution is 0.315. The lowest BCUT2D eigenvalue weighted by Crippen LogP contribution is -2.27. The molecule has 1 atom stereocenters. The van der Waals surface area contributed by atoms with Crippen LogP contribution in [0.5, 0.6) is 0 Å². The van der Waals surface area contributed by atoms with Crippen LogP contribution in [0.15, 0.2) is 113 Å². The van der Waals surface area contributed by atoms with E-state index in [1.165, 1.54) is 120 Å². The number of allylic oxidation sites excluding steroid dienone is 6. The van der Waals surface area contributed by atoms with Crippen LogP contribution in [0.25, 0.3) is 22.9 Å². The first-order chi connectivity index (χ1) is 28.5. The van der Waals surface area contributed by atoms with Crippen molar-refractivity contribution in [2.24, 2.45) is 17.1 Å². The maximum atomic E-state index is 7.42. The summed E-state index contributed by atoms with van der Waals surface area (Å²) in [5.74, 6) is 0.698. The SMILES string of the molecule is CBc1c2cc(C)cc1C1=CCCC(/C(C)=C(\N)c3ccccc3C3CC3)=C1C(CNc1ccc(C(C)(C)CCC(C)(C)C)cc1C)/C=C1\C(=C/2)c2ccccc2C1(C)C.